The van der Waals surface area contributed by atoms with Crippen LogP contribution in [0.5, 0.6) is 0 Å². The van der Waals surface area contributed by atoms with E-state index >= 15 is 0 Å². The van der Waals surface area contributed by atoms with Gasteiger partial charge in [0.15, 0.2) is 0 Å². The predicted octanol–water partition coefficient (Wildman–Crippen LogP) is 3.31. The minimum absolute atomic E-state index is 0.00436. The third-order valence-electron chi connectivity index (χ3n) is 8.55. The monoisotopic (exact) mass is 619 g/mol. The van der Waals surface area contributed by atoms with E-state index in [-0.39, 0.29) is 31.2 Å². The molecule has 0 radical (unpaired) electrons. The minimum atomic E-state index is -1.45. The van der Waals surface area contributed by atoms with Crippen LogP contribution in [0.4, 0.5) is 4.79 Å². The van der Waals surface area contributed by atoms with Gasteiger partial charge in [-0.15, -0.1) is 0 Å². The molecule has 0 bridgehead atoms. The molecule has 5 rings (SSSR count). The zero-order valence-electron chi connectivity index (χ0n) is 25.9. The predicted molar refractivity (Wildman–Crippen MR) is 165 cm³/mol. The van der Waals surface area contributed by atoms with Crippen LogP contribution in [0.15, 0.2) is 48.7 Å². The lowest BCUT2D eigenvalue weighted by Gasteiger charge is -2.30. The van der Waals surface area contributed by atoms with Crippen molar-refractivity contribution < 1.29 is 33.8 Å². The lowest BCUT2D eigenvalue weighted by atomic mass is 10.0. The third kappa shape index (κ3) is 7.43. The van der Waals surface area contributed by atoms with Crippen molar-refractivity contribution in [2.24, 2.45) is 5.92 Å². The second-order valence-corrected chi connectivity index (χ2v) is 13.2. The fourth-order valence-electron chi connectivity index (χ4n) is 6.13. The number of carboxylic acids is 1. The number of pyridine rings is 1. The lowest BCUT2D eigenvalue weighted by molar-refractivity contribution is -0.145. The third-order valence-corrected chi connectivity index (χ3v) is 8.55. The van der Waals surface area contributed by atoms with E-state index in [1.807, 2.05) is 24.3 Å². The summed E-state index contributed by atoms with van der Waals surface area (Å²) < 4.78 is 5.42. The molecule has 1 aliphatic carbocycles. The van der Waals surface area contributed by atoms with E-state index in [0.717, 1.165) is 24.6 Å². The van der Waals surface area contributed by atoms with Gasteiger partial charge in [0.05, 0.1) is 5.52 Å². The standard InChI is InChI=1S/C33H41N5O7/c1-32(2,3)45-31(44)36-24-12-8-6-4-5-7-11-22-18-33(22,30(42)43)37-28(40)26-17-23(19-38(26)29(24)41)35-27(39)21-14-13-20-10-9-15-34-25(20)16-21/h7,9-11,13-16,22-24,26H,4-6,8,12,17-19H2,1-3H3,(H,35,39)(H,36,44)(H,37,40)(H,42,43)/b11-7-/t22-,23-,24+,26+,33-/m1/s1. The number of fused-ring (bicyclic) bond motifs is 3. The molecule has 3 heterocycles. The molecule has 5 atom stereocenters. The number of allylic oxidation sites excluding steroid dienone is 1. The van der Waals surface area contributed by atoms with Crippen LogP contribution in [-0.2, 0) is 19.1 Å². The Morgan fingerprint density at radius 3 is 2.67 bits per heavy atom. The van der Waals surface area contributed by atoms with Crippen molar-refractivity contribution in [2.75, 3.05) is 6.54 Å². The number of nitrogens with zero attached hydrogens (tertiary/aromatic N) is 2. The maximum Gasteiger partial charge on any atom is 0.408 e. The van der Waals surface area contributed by atoms with Gasteiger partial charge >= 0.3 is 12.1 Å². The van der Waals surface area contributed by atoms with E-state index in [1.165, 1.54) is 4.90 Å². The Hall–Kier alpha value is -4.48. The average Bonchev–Trinajstić information content (AvgIpc) is 3.51. The van der Waals surface area contributed by atoms with Crippen LogP contribution < -0.4 is 16.0 Å². The number of alkyl carbamates (subject to hydrolysis) is 1. The molecule has 1 aromatic heterocycles. The number of aliphatic carboxylic acids is 1. The van der Waals surface area contributed by atoms with Gasteiger partial charge in [-0.25, -0.2) is 9.59 Å². The molecule has 45 heavy (non-hydrogen) atoms. The summed E-state index contributed by atoms with van der Waals surface area (Å²) in [5, 5.41) is 19.3. The molecule has 240 valence electrons. The number of nitrogens with one attached hydrogen (secondary N) is 3. The van der Waals surface area contributed by atoms with Gasteiger partial charge in [-0.2, -0.15) is 0 Å². The molecule has 0 unspecified atom stereocenters. The molecule has 1 saturated heterocycles. The molecule has 12 heteroatoms. The average molecular weight is 620 g/mol. The molecular weight excluding hydrogens is 578 g/mol. The molecule has 4 amide bonds. The van der Waals surface area contributed by atoms with Crippen molar-refractivity contribution in [1.29, 1.82) is 0 Å². The highest BCUT2D eigenvalue weighted by Gasteiger charge is 2.61. The van der Waals surface area contributed by atoms with E-state index in [9.17, 15) is 29.1 Å². The Labute approximate surface area is 262 Å². The van der Waals surface area contributed by atoms with Crippen LogP contribution in [0.2, 0.25) is 0 Å². The number of carbonyl (C=O) groups excluding carboxylic acids is 4. The molecule has 3 aliphatic rings. The Morgan fingerprint density at radius 1 is 1.11 bits per heavy atom. The smallest absolute Gasteiger partial charge is 0.408 e. The molecule has 12 nitrogen and oxygen atoms in total. The fourth-order valence-corrected chi connectivity index (χ4v) is 6.13. The van der Waals surface area contributed by atoms with Crippen LogP contribution in [0.25, 0.3) is 10.9 Å². The number of carboxylic acid groups (broad SMARTS) is 1. The van der Waals surface area contributed by atoms with Crippen LogP contribution in [0, 0.1) is 5.92 Å². The summed E-state index contributed by atoms with van der Waals surface area (Å²) >= 11 is 0. The first-order valence-corrected chi connectivity index (χ1v) is 15.5. The second-order valence-electron chi connectivity index (χ2n) is 13.2. The van der Waals surface area contributed by atoms with Crippen LogP contribution in [-0.4, -0.2) is 80.6 Å². The van der Waals surface area contributed by atoms with Crippen molar-refractivity contribution >= 4 is 40.7 Å². The van der Waals surface area contributed by atoms with Gasteiger partial charge in [-0.3, -0.25) is 19.4 Å². The van der Waals surface area contributed by atoms with E-state index in [0.29, 0.717) is 23.9 Å². The zero-order valence-corrected chi connectivity index (χ0v) is 25.9. The second kappa shape index (κ2) is 12.9. The topological polar surface area (TPSA) is 167 Å². The summed E-state index contributed by atoms with van der Waals surface area (Å²) in [4.78, 5) is 71.9. The molecule has 1 aromatic carbocycles. The van der Waals surface area contributed by atoms with E-state index in [1.54, 1.807) is 45.2 Å². The number of carbonyl (C=O) groups is 5. The van der Waals surface area contributed by atoms with Gasteiger partial charge in [0.25, 0.3) is 5.91 Å². The SMILES string of the molecule is CC(C)(C)OC(=O)N[C@H]1CCCCC/C=C\[C@@H]2C[C@@]2(C(=O)O)NC(=O)[C@@H]2C[C@@H](NC(=O)c3ccc4cccnc4c3)CN2C1=O. The number of amides is 4. The van der Waals surface area contributed by atoms with E-state index in [4.69, 9.17) is 4.74 Å². The summed E-state index contributed by atoms with van der Waals surface area (Å²) in [6.45, 7) is 5.18. The number of rotatable bonds is 4. The Bertz CT molecular complexity index is 1520. The number of ether oxygens (including phenoxy) is 1. The Balaban J connectivity index is 1.40. The minimum Gasteiger partial charge on any atom is -0.479 e. The van der Waals surface area contributed by atoms with Gasteiger partial charge in [0, 0.05) is 35.7 Å². The number of benzene rings is 1. The molecule has 2 aromatic rings. The van der Waals surface area contributed by atoms with Crippen LogP contribution >= 0.6 is 0 Å². The highest BCUT2D eigenvalue weighted by molar-refractivity contribution is 5.99. The molecule has 2 fully saturated rings. The molecule has 1 saturated carbocycles. The molecule has 0 spiro atoms. The maximum atomic E-state index is 14.1. The molecule has 2 aliphatic heterocycles. The van der Waals surface area contributed by atoms with E-state index < -0.39 is 53.1 Å². The van der Waals surface area contributed by atoms with Crippen molar-refractivity contribution in [3.63, 3.8) is 0 Å². The number of hydrogen-bond donors (Lipinski definition) is 4. The maximum absolute atomic E-state index is 14.1. The highest BCUT2D eigenvalue weighted by atomic mass is 16.6. The van der Waals surface area contributed by atoms with Crippen LogP contribution in [0.1, 0.15) is 76.1 Å². The lowest BCUT2D eigenvalue weighted by Crippen LogP contribution is -2.56. The summed E-state index contributed by atoms with van der Waals surface area (Å²) in [6.07, 6.45) is 8.34. The molecule has 4 N–H and O–H groups in total. The van der Waals surface area contributed by atoms with Gasteiger partial charge < -0.3 is 30.7 Å². The number of aromatic nitrogens is 1. The van der Waals surface area contributed by atoms with Crippen molar-refractivity contribution in [3.8, 4) is 0 Å². The Kier molecular flexibility index (Phi) is 9.13. The first-order chi connectivity index (χ1) is 21.4. The van der Waals surface area contributed by atoms with Gasteiger partial charge in [-0.05, 0) is 71.1 Å². The Morgan fingerprint density at radius 2 is 1.91 bits per heavy atom. The summed E-state index contributed by atoms with van der Waals surface area (Å²) in [5.74, 6) is -2.98. The quantitative estimate of drug-likeness (QED) is 0.378. The van der Waals surface area contributed by atoms with Crippen molar-refractivity contribution in [3.05, 3.63) is 54.2 Å². The fraction of sp³-hybridized carbons (Fsp3) is 0.515. The van der Waals surface area contributed by atoms with Crippen LogP contribution in [0.3, 0.4) is 0 Å². The first-order valence-electron chi connectivity index (χ1n) is 15.5. The van der Waals surface area contributed by atoms with Gasteiger partial charge in [-0.1, -0.05) is 37.1 Å². The van der Waals surface area contributed by atoms with Gasteiger partial charge in [0.1, 0.15) is 23.2 Å². The van der Waals surface area contributed by atoms with Crippen molar-refractivity contribution in [1.82, 2.24) is 25.8 Å². The van der Waals surface area contributed by atoms with Crippen molar-refractivity contribution in [2.45, 2.75) is 95.0 Å². The molecular formula is C33H41N5O7. The van der Waals surface area contributed by atoms with Gasteiger partial charge in [0.2, 0.25) is 11.8 Å². The number of hydrogen-bond acceptors (Lipinski definition) is 7. The summed E-state index contributed by atoms with van der Waals surface area (Å²) in [5.41, 5.74) is -1.20. The first kappa shape index (κ1) is 31.9. The largest absolute Gasteiger partial charge is 0.479 e. The van der Waals surface area contributed by atoms with E-state index in [2.05, 4.69) is 20.9 Å². The summed E-state index contributed by atoms with van der Waals surface area (Å²) in [7, 11) is 0. The highest BCUT2D eigenvalue weighted by Crippen LogP contribution is 2.45. The normalized spacial score (nSPS) is 28.0. The zero-order chi connectivity index (χ0) is 32.4. The summed E-state index contributed by atoms with van der Waals surface area (Å²) in [6, 6.07) is 6.22.